The first-order valence-electron chi connectivity index (χ1n) is 9.24. The summed E-state index contributed by atoms with van der Waals surface area (Å²) in [6.45, 7) is 9.21. The molecule has 2 saturated heterocycles. The summed E-state index contributed by atoms with van der Waals surface area (Å²) in [5.41, 5.74) is 0.812. The predicted molar refractivity (Wildman–Crippen MR) is 96.9 cm³/mol. The van der Waals surface area contributed by atoms with Crippen molar-refractivity contribution in [1.82, 2.24) is 9.88 Å². The van der Waals surface area contributed by atoms with Gasteiger partial charge >= 0.3 is 5.69 Å². The van der Waals surface area contributed by atoms with Crippen LogP contribution in [0.4, 0.5) is 11.4 Å². The van der Waals surface area contributed by atoms with E-state index >= 15 is 0 Å². The molecule has 3 rings (SSSR count). The summed E-state index contributed by atoms with van der Waals surface area (Å²) in [5.74, 6) is 0.700. The number of nitro groups is 1. The van der Waals surface area contributed by atoms with E-state index in [1.165, 1.54) is 12.6 Å². The van der Waals surface area contributed by atoms with Crippen LogP contribution in [-0.2, 0) is 4.74 Å². The van der Waals surface area contributed by atoms with Gasteiger partial charge in [-0.3, -0.25) is 20.0 Å². The summed E-state index contributed by atoms with van der Waals surface area (Å²) in [7, 11) is 0. The molecule has 0 saturated carbocycles. The van der Waals surface area contributed by atoms with Crippen LogP contribution in [0.1, 0.15) is 33.1 Å². The van der Waals surface area contributed by atoms with Gasteiger partial charge in [0.25, 0.3) is 0 Å². The Morgan fingerprint density at radius 1 is 1.28 bits per heavy atom. The Labute approximate surface area is 149 Å². The molecule has 2 fully saturated rings. The van der Waals surface area contributed by atoms with Crippen LogP contribution in [0.3, 0.4) is 0 Å². The fourth-order valence-electron chi connectivity index (χ4n) is 4.08. The molecule has 138 valence electrons. The zero-order chi connectivity index (χ0) is 17.8. The molecular weight excluding hydrogens is 320 g/mol. The van der Waals surface area contributed by atoms with Crippen LogP contribution in [0.25, 0.3) is 0 Å². The van der Waals surface area contributed by atoms with Crippen molar-refractivity contribution in [2.24, 2.45) is 5.92 Å². The number of anilines is 1. The average Bonchev–Trinajstić information content (AvgIpc) is 2.59. The average molecular weight is 348 g/mol. The van der Waals surface area contributed by atoms with Crippen molar-refractivity contribution < 1.29 is 9.66 Å². The number of nitrogens with zero attached hydrogens (tertiary/aromatic N) is 4. The maximum Gasteiger partial charge on any atom is 0.310 e. The van der Waals surface area contributed by atoms with Gasteiger partial charge in [0, 0.05) is 32.4 Å². The fourth-order valence-corrected chi connectivity index (χ4v) is 4.08. The van der Waals surface area contributed by atoms with Gasteiger partial charge in [-0.1, -0.05) is 0 Å². The number of pyridine rings is 1. The third-order valence-electron chi connectivity index (χ3n) is 5.28. The lowest BCUT2D eigenvalue weighted by molar-refractivity contribution is -0.384. The van der Waals surface area contributed by atoms with Crippen LogP contribution < -0.4 is 4.90 Å². The summed E-state index contributed by atoms with van der Waals surface area (Å²) in [6, 6.07) is 1.76. The van der Waals surface area contributed by atoms with Crippen LogP contribution in [-0.4, -0.2) is 59.7 Å². The molecule has 1 aromatic rings. The molecule has 0 aliphatic carbocycles. The van der Waals surface area contributed by atoms with Gasteiger partial charge in [0.15, 0.2) is 0 Å². The van der Waals surface area contributed by atoms with E-state index in [1.807, 2.05) is 0 Å². The third-order valence-corrected chi connectivity index (χ3v) is 5.28. The van der Waals surface area contributed by atoms with E-state index in [-0.39, 0.29) is 10.6 Å². The van der Waals surface area contributed by atoms with Crippen molar-refractivity contribution in [3.8, 4) is 0 Å². The molecule has 25 heavy (non-hydrogen) atoms. The van der Waals surface area contributed by atoms with Crippen molar-refractivity contribution >= 4 is 11.4 Å². The van der Waals surface area contributed by atoms with Gasteiger partial charge in [0.2, 0.25) is 0 Å². The number of piperidine rings is 1. The van der Waals surface area contributed by atoms with E-state index in [0.29, 0.717) is 23.8 Å². The molecule has 0 unspecified atom stereocenters. The number of hydrogen-bond acceptors (Lipinski definition) is 6. The van der Waals surface area contributed by atoms with Crippen molar-refractivity contribution in [2.75, 3.05) is 37.6 Å². The van der Waals surface area contributed by atoms with E-state index in [0.717, 1.165) is 45.6 Å². The molecule has 0 radical (unpaired) electrons. The lowest BCUT2D eigenvalue weighted by atomic mass is 9.93. The second kappa shape index (κ2) is 8.10. The number of hydrogen-bond donors (Lipinski definition) is 0. The highest BCUT2D eigenvalue weighted by molar-refractivity contribution is 5.61. The van der Waals surface area contributed by atoms with Crippen LogP contribution in [0.2, 0.25) is 0 Å². The zero-order valence-corrected chi connectivity index (χ0v) is 15.1. The Balaban J connectivity index is 1.48. The smallest absolute Gasteiger partial charge is 0.310 e. The number of morpholine rings is 1. The Morgan fingerprint density at radius 2 is 1.96 bits per heavy atom. The van der Waals surface area contributed by atoms with Crippen LogP contribution in [0.5, 0.6) is 0 Å². The number of aromatic nitrogens is 1. The van der Waals surface area contributed by atoms with E-state index in [2.05, 4.69) is 28.6 Å². The molecule has 7 heteroatoms. The second-order valence-electron chi connectivity index (χ2n) is 7.36. The molecule has 2 atom stereocenters. The van der Waals surface area contributed by atoms with Gasteiger partial charge < -0.3 is 9.64 Å². The monoisotopic (exact) mass is 348 g/mol. The van der Waals surface area contributed by atoms with Gasteiger partial charge in [-0.25, -0.2) is 0 Å². The topological polar surface area (TPSA) is 71.7 Å². The van der Waals surface area contributed by atoms with Gasteiger partial charge in [0.05, 0.1) is 17.1 Å². The van der Waals surface area contributed by atoms with E-state index in [4.69, 9.17) is 4.74 Å². The maximum atomic E-state index is 11.2. The molecule has 2 aliphatic heterocycles. The first-order chi connectivity index (χ1) is 12.0. The quantitative estimate of drug-likeness (QED) is 0.602. The van der Waals surface area contributed by atoms with Crippen molar-refractivity contribution in [1.29, 1.82) is 0 Å². The number of rotatable bonds is 5. The summed E-state index contributed by atoms with van der Waals surface area (Å²) in [4.78, 5) is 19.4. The van der Waals surface area contributed by atoms with Crippen molar-refractivity contribution in [3.63, 3.8) is 0 Å². The molecular formula is C18H28N4O3. The zero-order valence-electron chi connectivity index (χ0n) is 15.1. The Bertz CT molecular complexity index is 579. The summed E-state index contributed by atoms with van der Waals surface area (Å²) < 4.78 is 5.79. The fraction of sp³-hybridized carbons (Fsp3) is 0.722. The van der Waals surface area contributed by atoms with Crippen molar-refractivity contribution in [2.45, 2.75) is 45.3 Å². The highest BCUT2D eigenvalue weighted by Gasteiger charge is 2.26. The molecule has 0 spiro atoms. The molecule has 7 nitrogen and oxygen atoms in total. The van der Waals surface area contributed by atoms with Crippen LogP contribution in [0.15, 0.2) is 18.5 Å². The largest absolute Gasteiger partial charge is 0.373 e. The summed E-state index contributed by atoms with van der Waals surface area (Å²) >= 11 is 0. The number of ether oxygens (including phenoxy) is 1. The Kier molecular flexibility index (Phi) is 5.86. The van der Waals surface area contributed by atoms with Gasteiger partial charge in [0.1, 0.15) is 11.9 Å². The summed E-state index contributed by atoms with van der Waals surface area (Å²) in [6.07, 6.45) is 7.00. The first kappa shape index (κ1) is 18.1. The van der Waals surface area contributed by atoms with Crippen LogP contribution >= 0.6 is 0 Å². The maximum absolute atomic E-state index is 11.2. The third kappa shape index (κ3) is 4.67. The highest BCUT2D eigenvalue weighted by Crippen LogP contribution is 2.31. The lowest BCUT2D eigenvalue weighted by Gasteiger charge is -2.37. The molecule has 0 bridgehead atoms. The van der Waals surface area contributed by atoms with E-state index in [1.54, 1.807) is 12.3 Å². The highest BCUT2D eigenvalue weighted by atomic mass is 16.6. The minimum absolute atomic E-state index is 0.109. The standard InChI is InChI=1S/C18H28N4O3/c1-14-12-20(13-15(2)25-14)8-4-16-5-9-21(10-6-16)17-3-7-19-11-18(17)22(23)24/h3,7,11,14-16H,4-6,8-10,12-13H2,1-2H3/t14-,15+. The first-order valence-corrected chi connectivity index (χ1v) is 9.24. The summed E-state index contributed by atoms with van der Waals surface area (Å²) in [5, 5.41) is 11.2. The molecule has 0 aromatic carbocycles. The molecule has 0 N–H and O–H groups in total. The van der Waals surface area contributed by atoms with E-state index < -0.39 is 0 Å². The predicted octanol–water partition coefficient (Wildman–Crippen LogP) is 2.71. The second-order valence-corrected chi connectivity index (χ2v) is 7.36. The Morgan fingerprint density at radius 3 is 2.60 bits per heavy atom. The normalized spacial score (nSPS) is 25.9. The minimum Gasteiger partial charge on any atom is -0.373 e. The molecule has 3 heterocycles. The van der Waals surface area contributed by atoms with Gasteiger partial charge in [-0.15, -0.1) is 0 Å². The molecule has 2 aliphatic rings. The Hall–Kier alpha value is -1.73. The van der Waals surface area contributed by atoms with Gasteiger partial charge in [-0.2, -0.15) is 0 Å². The van der Waals surface area contributed by atoms with E-state index in [9.17, 15) is 10.1 Å². The molecule has 1 aromatic heterocycles. The lowest BCUT2D eigenvalue weighted by Crippen LogP contribution is -2.46. The van der Waals surface area contributed by atoms with Gasteiger partial charge in [-0.05, 0) is 51.6 Å². The van der Waals surface area contributed by atoms with Crippen molar-refractivity contribution in [3.05, 3.63) is 28.6 Å². The SMILES string of the molecule is C[C@@H]1CN(CCC2CCN(c3ccncc3[N+](=O)[O-])CC2)C[C@H](C)O1. The van der Waals surface area contributed by atoms with Crippen LogP contribution in [0, 0.1) is 16.0 Å². The minimum atomic E-state index is -0.338. The molecule has 0 amide bonds.